The van der Waals surface area contributed by atoms with E-state index in [1.807, 2.05) is 0 Å². The largest absolute Gasteiger partial charge is 0.279 e. The van der Waals surface area contributed by atoms with Crippen molar-refractivity contribution in [1.82, 2.24) is 4.47 Å². The molecule has 0 heterocycles. The smallest absolute Gasteiger partial charge is 0.264 e. The van der Waals surface area contributed by atoms with Gasteiger partial charge in [-0.2, -0.15) is 8.42 Å². The number of aryl methyl sites for hydroxylation is 1. The first-order chi connectivity index (χ1) is 10.8. The summed E-state index contributed by atoms with van der Waals surface area (Å²) in [5.74, 6) is 0. The number of nitrogens with zero attached hydrogens (tertiary/aromatic N) is 1. The predicted octanol–water partition coefficient (Wildman–Crippen LogP) is 1.95. The van der Waals surface area contributed by atoms with Crippen molar-refractivity contribution in [2.45, 2.75) is 44.1 Å². The van der Waals surface area contributed by atoms with Crippen LogP contribution in [0.15, 0.2) is 29.2 Å². The first kappa shape index (κ1) is 21.0. The summed E-state index contributed by atoms with van der Waals surface area (Å²) >= 11 is 0. The second-order valence-corrected chi connectivity index (χ2v) is 9.97. The lowest BCUT2D eigenvalue weighted by Gasteiger charge is -2.26. The van der Waals surface area contributed by atoms with Crippen LogP contribution in [0.4, 0.5) is 0 Å². The molecule has 1 aromatic rings. The summed E-state index contributed by atoms with van der Waals surface area (Å²) in [6.45, 7) is 5.39. The molecule has 0 aliphatic heterocycles. The second-order valence-electron chi connectivity index (χ2n) is 6.39. The highest BCUT2D eigenvalue weighted by atomic mass is 32.2. The predicted molar refractivity (Wildman–Crippen MR) is 91.3 cm³/mol. The molecule has 0 fully saturated rings. The van der Waals surface area contributed by atoms with Crippen LogP contribution in [-0.2, 0) is 35.6 Å². The molecule has 0 saturated carbocycles. The zero-order chi connectivity index (χ0) is 18.6. The maximum Gasteiger partial charge on any atom is 0.264 e. The van der Waals surface area contributed by atoms with E-state index in [1.54, 1.807) is 32.9 Å². The summed E-state index contributed by atoms with van der Waals surface area (Å²) in [5, 5.41) is 0. The van der Waals surface area contributed by atoms with E-state index in [1.165, 1.54) is 19.2 Å². The molecule has 0 saturated heterocycles. The topological polar surface area (TPSA) is 90.0 Å². The van der Waals surface area contributed by atoms with Gasteiger partial charge in [0, 0.05) is 7.05 Å². The minimum Gasteiger partial charge on any atom is -0.279 e. The molecule has 138 valence electrons. The van der Waals surface area contributed by atoms with Gasteiger partial charge in [-0.25, -0.2) is 8.42 Å². The Morgan fingerprint density at radius 1 is 1.04 bits per heavy atom. The molecular formula is C15H25NO6S2. The fraction of sp³-hybridized carbons (Fsp3) is 0.600. The molecule has 0 aromatic heterocycles. The lowest BCUT2D eigenvalue weighted by Crippen LogP contribution is -2.35. The summed E-state index contributed by atoms with van der Waals surface area (Å²) in [7, 11) is -5.80. The van der Waals surface area contributed by atoms with Crippen LogP contribution in [0, 0.1) is 0 Å². The number of hydrogen-bond donors (Lipinski definition) is 0. The Kier molecular flexibility index (Phi) is 6.94. The third-order valence-electron chi connectivity index (χ3n) is 2.87. The van der Waals surface area contributed by atoms with Crippen molar-refractivity contribution in [3.63, 3.8) is 0 Å². The molecule has 0 aliphatic carbocycles. The minimum atomic E-state index is -3.73. The lowest BCUT2D eigenvalue weighted by atomic mass is 10.1. The van der Waals surface area contributed by atoms with Gasteiger partial charge in [0.1, 0.15) is 0 Å². The Bertz CT molecular complexity index is 733. The normalized spacial score (nSPS) is 13.4. The van der Waals surface area contributed by atoms with E-state index in [0.29, 0.717) is 12.8 Å². The van der Waals surface area contributed by atoms with Crippen molar-refractivity contribution in [2.24, 2.45) is 0 Å². The minimum absolute atomic E-state index is 0.0983. The highest BCUT2D eigenvalue weighted by Gasteiger charge is 2.26. The van der Waals surface area contributed by atoms with Gasteiger partial charge in [-0.1, -0.05) is 16.6 Å². The Labute approximate surface area is 144 Å². The van der Waals surface area contributed by atoms with Gasteiger partial charge < -0.3 is 0 Å². The Hall–Kier alpha value is -1.00. The van der Waals surface area contributed by atoms with E-state index >= 15 is 0 Å². The average molecular weight is 380 g/mol. The SMILES string of the molecule is CN(OC(C)(C)C)S(=O)(=O)c1ccc(CCCOS(C)(=O)=O)cc1. The molecule has 0 bridgehead atoms. The molecule has 1 rings (SSSR count). The maximum absolute atomic E-state index is 12.4. The van der Waals surface area contributed by atoms with Crippen molar-refractivity contribution >= 4 is 20.1 Å². The van der Waals surface area contributed by atoms with E-state index in [4.69, 9.17) is 4.84 Å². The Morgan fingerprint density at radius 3 is 2.04 bits per heavy atom. The van der Waals surface area contributed by atoms with E-state index in [2.05, 4.69) is 4.18 Å². The first-order valence-electron chi connectivity index (χ1n) is 7.43. The summed E-state index contributed by atoms with van der Waals surface area (Å²) in [6.07, 6.45) is 2.11. The van der Waals surface area contributed by atoms with Gasteiger partial charge in [-0.15, -0.1) is 0 Å². The molecule has 0 spiro atoms. The number of sulfonamides is 1. The zero-order valence-electron chi connectivity index (χ0n) is 14.6. The first-order valence-corrected chi connectivity index (χ1v) is 10.7. The third-order valence-corrected chi connectivity index (χ3v) is 5.08. The van der Waals surface area contributed by atoms with Gasteiger partial charge in [0.25, 0.3) is 20.1 Å². The standard InChI is InChI=1S/C15H25NO6S2/c1-15(2,3)22-16(4)24(19,20)14-10-8-13(9-11-14)7-6-12-21-23(5,17)18/h8-11H,6-7,12H2,1-5H3. The Balaban J connectivity index is 2.69. The molecule has 0 radical (unpaired) electrons. The van der Waals surface area contributed by atoms with Crippen molar-refractivity contribution in [3.8, 4) is 0 Å². The third kappa shape index (κ3) is 7.27. The van der Waals surface area contributed by atoms with Gasteiger partial charge in [0.05, 0.1) is 23.4 Å². The van der Waals surface area contributed by atoms with Crippen LogP contribution < -0.4 is 0 Å². The van der Waals surface area contributed by atoms with Gasteiger partial charge in [-0.05, 0) is 51.3 Å². The molecular weight excluding hydrogens is 354 g/mol. The van der Waals surface area contributed by atoms with Crippen LogP contribution in [0.3, 0.4) is 0 Å². The summed E-state index contributed by atoms with van der Waals surface area (Å²) in [4.78, 5) is 5.50. The van der Waals surface area contributed by atoms with Gasteiger partial charge in [-0.3, -0.25) is 9.02 Å². The molecule has 1 aromatic carbocycles. The zero-order valence-corrected chi connectivity index (χ0v) is 16.3. The molecule has 0 N–H and O–H groups in total. The van der Waals surface area contributed by atoms with E-state index in [-0.39, 0.29) is 11.5 Å². The lowest BCUT2D eigenvalue weighted by molar-refractivity contribution is -0.155. The highest BCUT2D eigenvalue weighted by molar-refractivity contribution is 7.89. The van der Waals surface area contributed by atoms with Crippen molar-refractivity contribution in [1.29, 1.82) is 0 Å². The second kappa shape index (κ2) is 7.92. The molecule has 0 unspecified atom stereocenters. The van der Waals surface area contributed by atoms with Crippen LogP contribution in [-0.4, -0.2) is 46.8 Å². The van der Waals surface area contributed by atoms with E-state index < -0.39 is 25.7 Å². The quantitative estimate of drug-likeness (QED) is 0.390. The summed E-state index contributed by atoms with van der Waals surface area (Å²) < 4.78 is 52.0. The van der Waals surface area contributed by atoms with Crippen LogP contribution in [0.25, 0.3) is 0 Å². The van der Waals surface area contributed by atoms with Crippen molar-refractivity contribution < 1.29 is 25.9 Å². The van der Waals surface area contributed by atoms with Crippen LogP contribution in [0.1, 0.15) is 32.8 Å². The summed E-state index contributed by atoms with van der Waals surface area (Å²) in [5.41, 5.74) is 0.270. The van der Waals surface area contributed by atoms with Crippen LogP contribution in [0.2, 0.25) is 0 Å². The van der Waals surface area contributed by atoms with Crippen LogP contribution >= 0.6 is 0 Å². The number of benzene rings is 1. The number of hydroxylamine groups is 1. The van der Waals surface area contributed by atoms with Gasteiger partial charge >= 0.3 is 0 Å². The monoisotopic (exact) mass is 379 g/mol. The molecule has 0 aliphatic rings. The van der Waals surface area contributed by atoms with E-state index in [9.17, 15) is 16.8 Å². The average Bonchev–Trinajstić information content (AvgIpc) is 2.41. The fourth-order valence-electron chi connectivity index (χ4n) is 1.90. The maximum atomic E-state index is 12.4. The van der Waals surface area contributed by atoms with Crippen molar-refractivity contribution in [3.05, 3.63) is 29.8 Å². The van der Waals surface area contributed by atoms with Crippen LogP contribution in [0.5, 0.6) is 0 Å². The van der Waals surface area contributed by atoms with Crippen molar-refractivity contribution in [2.75, 3.05) is 19.9 Å². The van der Waals surface area contributed by atoms with Gasteiger partial charge in [0.15, 0.2) is 0 Å². The Morgan fingerprint density at radius 2 is 1.58 bits per heavy atom. The van der Waals surface area contributed by atoms with Gasteiger partial charge in [0.2, 0.25) is 0 Å². The van der Waals surface area contributed by atoms with E-state index in [0.717, 1.165) is 16.3 Å². The highest BCUT2D eigenvalue weighted by Crippen LogP contribution is 2.19. The molecule has 24 heavy (non-hydrogen) atoms. The molecule has 9 heteroatoms. The number of hydrogen-bond acceptors (Lipinski definition) is 6. The fourth-order valence-corrected chi connectivity index (χ4v) is 3.42. The molecule has 7 nitrogen and oxygen atoms in total. The summed E-state index contributed by atoms with van der Waals surface area (Å²) in [6, 6.07) is 6.39. The number of rotatable bonds is 8. The molecule has 0 atom stereocenters. The molecule has 0 amide bonds.